The molecule has 0 bridgehead atoms. The molecule has 10 nitrogen and oxygen atoms in total. The molecule has 3 aromatic rings. The van der Waals surface area contributed by atoms with Gasteiger partial charge in [-0.2, -0.15) is 0 Å². The number of benzene rings is 1. The average Bonchev–Trinajstić information content (AvgIpc) is 2.70. The van der Waals surface area contributed by atoms with Crippen molar-refractivity contribution in [3.8, 4) is 0 Å². The second kappa shape index (κ2) is 8.99. The second-order valence-corrected chi connectivity index (χ2v) is 10.2. The molecule has 0 aliphatic carbocycles. The van der Waals surface area contributed by atoms with E-state index in [1.54, 1.807) is 38.2 Å². The highest BCUT2D eigenvalue weighted by Crippen LogP contribution is 2.28. The normalized spacial score (nSPS) is 12.5. The SMILES string of the molecule is Cc1cc([C@@H](C)Nc2ccc(Cl)nc2C(=O)NS(C)(=O)=O)c2nc(N(C)C)n(C)c(=O)c2c1. The number of nitrogens with one attached hydrogen (secondary N) is 2. The van der Waals surface area contributed by atoms with E-state index in [2.05, 4.69) is 10.3 Å². The third kappa shape index (κ3) is 5.25. The molecule has 0 spiro atoms. The smallest absolute Gasteiger partial charge is 0.285 e. The first-order valence-corrected chi connectivity index (χ1v) is 12.2. The molecule has 33 heavy (non-hydrogen) atoms. The van der Waals surface area contributed by atoms with E-state index in [0.29, 0.717) is 16.9 Å². The van der Waals surface area contributed by atoms with Gasteiger partial charge in [0.1, 0.15) is 5.15 Å². The van der Waals surface area contributed by atoms with Gasteiger partial charge in [0.25, 0.3) is 11.5 Å². The predicted octanol–water partition coefficient (Wildman–Crippen LogP) is 2.22. The maximum Gasteiger partial charge on any atom is 0.285 e. The Morgan fingerprint density at radius 2 is 1.88 bits per heavy atom. The molecule has 3 rings (SSSR count). The number of aryl methyl sites for hydroxylation is 1. The molecule has 0 unspecified atom stereocenters. The van der Waals surface area contributed by atoms with Gasteiger partial charge in [-0.15, -0.1) is 0 Å². The van der Waals surface area contributed by atoms with Gasteiger partial charge in [-0.3, -0.25) is 14.2 Å². The molecule has 2 N–H and O–H groups in total. The third-order valence-corrected chi connectivity index (χ3v) is 5.69. The summed E-state index contributed by atoms with van der Waals surface area (Å²) in [5.74, 6) is -0.420. The average molecular weight is 493 g/mol. The van der Waals surface area contributed by atoms with E-state index in [0.717, 1.165) is 17.4 Å². The number of aromatic nitrogens is 3. The van der Waals surface area contributed by atoms with E-state index >= 15 is 0 Å². The van der Waals surface area contributed by atoms with Gasteiger partial charge < -0.3 is 10.2 Å². The van der Waals surface area contributed by atoms with Crippen LogP contribution in [0, 0.1) is 6.92 Å². The Balaban J connectivity index is 2.12. The summed E-state index contributed by atoms with van der Waals surface area (Å²) < 4.78 is 26.4. The van der Waals surface area contributed by atoms with Crippen LogP contribution < -0.4 is 20.5 Å². The van der Waals surface area contributed by atoms with Gasteiger partial charge >= 0.3 is 0 Å². The van der Waals surface area contributed by atoms with Crippen molar-refractivity contribution >= 4 is 50.1 Å². The van der Waals surface area contributed by atoms with Gasteiger partial charge in [0, 0.05) is 26.7 Å². The van der Waals surface area contributed by atoms with Crippen molar-refractivity contribution in [1.82, 2.24) is 19.3 Å². The number of hydrogen-bond donors (Lipinski definition) is 2. The number of nitrogens with zero attached hydrogens (tertiary/aromatic N) is 4. The van der Waals surface area contributed by atoms with E-state index in [1.807, 2.05) is 24.6 Å². The Morgan fingerprint density at radius 1 is 1.21 bits per heavy atom. The maximum absolute atomic E-state index is 13.0. The minimum absolute atomic E-state index is 0.0358. The molecule has 0 fully saturated rings. The van der Waals surface area contributed by atoms with E-state index in [-0.39, 0.29) is 22.1 Å². The summed E-state index contributed by atoms with van der Waals surface area (Å²) in [5, 5.41) is 3.69. The molecule has 0 saturated carbocycles. The summed E-state index contributed by atoms with van der Waals surface area (Å²) in [7, 11) is 1.47. The summed E-state index contributed by atoms with van der Waals surface area (Å²) in [6.07, 6.45) is 0.874. The molecule has 12 heteroatoms. The number of amides is 1. The fourth-order valence-electron chi connectivity index (χ4n) is 3.52. The number of halogens is 1. The van der Waals surface area contributed by atoms with Crippen LogP contribution in [0.5, 0.6) is 0 Å². The lowest BCUT2D eigenvalue weighted by Crippen LogP contribution is -2.31. The molecule has 1 atom stereocenters. The maximum atomic E-state index is 13.0. The van der Waals surface area contributed by atoms with E-state index in [1.165, 1.54) is 10.6 Å². The fraction of sp³-hybridized carbons (Fsp3) is 0.333. The minimum atomic E-state index is -3.80. The van der Waals surface area contributed by atoms with E-state index < -0.39 is 22.0 Å². The van der Waals surface area contributed by atoms with Crippen LogP contribution in [0.1, 0.15) is 34.6 Å². The van der Waals surface area contributed by atoms with Crippen molar-refractivity contribution in [2.75, 3.05) is 30.6 Å². The monoisotopic (exact) mass is 492 g/mol. The summed E-state index contributed by atoms with van der Waals surface area (Å²) in [6, 6.07) is 6.30. The summed E-state index contributed by atoms with van der Waals surface area (Å²) in [5.41, 5.74) is 2.05. The van der Waals surface area contributed by atoms with Crippen LogP contribution >= 0.6 is 11.6 Å². The number of sulfonamides is 1. The molecule has 2 aromatic heterocycles. The van der Waals surface area contributed by atoms with Crippen LogP contribution in [-0.4, -0.2) is 49.2 Å². The molecule has 0 aliphatic heterocycles. The lowest BCUT2D eigenvalue weighted by atomic mass is 10.0. The van der Waals surface area contributed by atoms with Gasteiger partial charge in [0.15, 0.2) is 5.69 Å². The van der Waals surface area contributed by atoms with Crippen molar-refractivity contribution in [3.05, 3.63) is 56.6 Å². The Labute approximate surface area is 196 Å². The predicted molar refractivity (Wildman–Crippen MR) is 130 cm³/mol. The molecular weight excluding hydrogens is 468 g/mol. The number of carbonyl (C=O) groups excluding carboxylic acids is 1. The van der Waals surface area contributed by atoms with Crippen molar-refractivity contribution in [2.45, 2.75) is 19.9 Å². The Morgan fingerprint density at radius 3 is 2.48 bits per heavy atom. The highest BCUT2D eigenvalue weighted by molar-refractivity contribution is 7.89. The zero-order chi connectivity index (χ0) is 24.7. The zero-order valence-electron chi connectivity index (χ0n) is 19.1. The van der Waals surface area contributed by atoms with Crippen LogP contribution in [0.15, 0.2) is 29.1 Å². The van der Waals surface area contributed by atoms with Crippen LogP contribution in [0.2, 0.25) is 5.15 Å². The number of carbonyl (C=O) groups is 1. The number of rotatable bonds is 6. The topological polar surface area (TPSA) is 126 Å². The van der Waals surface area contributed by atoms with Crippen molar-refractivity contribution < 1.29 is 13.2 Å². The molecule has 1 aromatic carbocycles. The third-order valence-electron chi connectivity index (χ3n) is 4.92. The van der Waals surface area contributed by atoms with E-state index in [4.69, 9.17) is 16.6 Å². The Bertz CT molecular complexity index is 1420. The van der Waals surface area contributed by atoms with Crippen molar-refractivity contribution in [1.29, 1.82) is 0 Å². The largest absolute Gasteiger partial charge is 0.377 e. The van der Waals surface area contributed by atoms with Gasteiger partial charge in [-0.25, -0.2) is 23.1 Å². The molecule has 2 heterocycles. The van der Waals surface area contributed by atoms with E-state index in [9.17, 15) is 18.0 Å². The molecule has 0 saturated heterocycles. The van der Waals surface area contributed by atoms with Crippen LogP contribution in [0.25, 0.3) is 10.9 Å². The number of fused-ring (bicyclic) bond motifs is 1. The summed E-state index contributed by atoms with van der Waals surface area (Å²) in [6.45, 7) is 3.72. The first kappa shape index (κ1) is 24.5. The van der Waals surface area contributed by atoms with Gasteiger partial charge in [-0.1, -0.05) is 17.7 Å². The number of hydrogen-bond acceptors (Lipinski definition) is 8. The molecule has 176 valence electrons. The Hall–Kier alpha value is -3.18. The quantitative estimate of drug-likeness (QED) is 0.501. The van der Waals surface area contributed by atoms with Gasteiger partial charge in [0.2, 0.25) is 16.0 Å². The van der Waals surface area contributed by atoms with Crippen LogP contribution in [0.3, 0.4) is 0 Å². The van der Waals surface area contributed by atoms with Gasteiger partial charge in [-0.05, 0) is 37.6 Å². The lowest BCUT2D eigenvalue weighted by Gasteiger charge is -2.21. The standard InChI is InChI=1S/C21H25ClN6O4S/c1-11-9-13(17-14(10-11)20(30)28(5)21(25-17)27(3)4)12(2)23-15-7-8-16(22)24-18(15)19(29)26-33(6,31)32/h7-10,12,23H,1-6H3,(H,26,29)/t12-/m1/s1. The summed E-state index contributed by atoms with van der Waals surface area (Å²) in [4.78, 5) is 36.0. The Kier molecular flexibility index (Phi) is 6.66. The fourth-order valence-corrected chi connectivity index (χ4v) is 4.10. The lowest BCUT2D eigenvalue weighted by molar-refractivity contribution is 0.0977. The molecule has 0 radical (unpaired) electrons. The minimum Gasteiger partial charge on any atom is -0.377 e. The van der Waals surface area contributed by atoms with Crippen LogP contribution in [-0.2, 0) is 17.1 Å². The summed E-state index contributed by atoms with van der Waals surface area (Å²) >= 11 is 5.94. The first-order chi connectivity index (χ1) is 15.3. The van der Waals surface area contributed by atoms with Gasteiger partial charge in [0.05, 0.1) is 28.9 Å². The first-order valence-electron chi connectivity index (χ1n) is 9.92. The highest BCUT2D eigenvalue weighted by atomic mass is 35.5. The molecule has 0 aliphatic rings. The highest BCUT2D eigenvalue weighted by Gasteiger charge is 2.21. The molecule has 1 amide bonds. The molecular formula is C21H25ClN6O4S. The zero-order valence-corrected chi connectivity index (χ0v) is 20.7. The number of anilines is 2. The van der Waals surface area contributed by atoms with Crippen molar-refractivity contribution in [2.24, 2.45) is 7.05 Å². The number of pyridine rings is 1. The van der Waals surface area contributed by atoms with Crippen molar-refractivity contribution in [3.63, 3.8) is 0 Å². The van der Waals surface area contributed by atoms with Crippen LogP contribution in [0.4, 0.5) is 11.6 Å². The second-order valence-electron chi connectivity index (χ2n) is 8.02.